The van der Waals surface area contributed by atoms with Crippen LogP contribution < -0.4 is 57.1 Å². The van der Waals surface area contributed by atoms with Gasteiger partial charge in [-0.3, -0.25) is 5.21 Å². The van der Waals surface area contributed by atoms with E-state index < -0.39 is 6.03 Å². The van der Waals surface area contributed by atoms with Crippen LogP contribution in [0.15, 0.2) is 28.7 Å². The first-order valence-corrected chi connectivity index (χ1v) is 5.88. The van der Waals surface area contributed by atoms with E-state index in [4.69, 9.17) is 5.73 Å². The molecule has 0 unspecified atom stereocenters. The largest absolute Gasteiger partial charge is 1.00 e. The van der Waals surface area contributed by atoms with E-state index in [1.54, 1.807) is 0 Å². The Bertz CT molecular complexity index is 405. The second-order valence-corrected chi connectivity index (χ2v) is 4.99. The minimum atomic E-state index is -0.790. The summed E-state index contributed by atoms with van der Waals surface area (Å²) >= 11 is 3.38. The molecule has 2 atom stereocenters. The van der Waals surface area contributed by atoms with Gasteiger partial charge in [0.05, 0.1) is 6.54 Å². The summed E-state index contributed by atoms with van der Waals surface area (Å²) in [5.74, 6) is 0.751. The number of nitrogens with two attached hydrogens (primary N) is 1. The number of carbonyl (C=O) groups is 1. The van der Waals surface area contributed by atoms with Crippen molar-refractivity contribution in [2.75, 3.05) is 6.54 Å². The summed E-state index contributed by atoms with van der Waals surface area (Å²) in [6, 6.07) is 7.31. The van der Waals surface area contributed by atoms with Gasteiger partial charge in [-0.25, -0.2) is 9.86 Å². The molecule has 17 heavy (non-hydrogen) atoms. The molecule has 6 heteroatoms. The number of hydrogen-bond acceptors (Lipinski definition) is 2. The standard InChI is InChI=1S/C11H13BrN2O2.K.H/c12-9-3-1-7(2-4-9)10-5-8(10)6-14(16)11(13)15;;/h1-4,8,10,16H,5-6H2,(H2,13,15);;/q;+1;-1/t8-,10-;;/m0../s1. The number of carbonyl (C=O) groups excluding carboxylic acids is 1. The quantitative estimate of drug-likeness (QED) is 0.444. The first kappa shape index (κ1) is 15.6. The first-order valence-electron chi connectivity index (χ1n) is 5.09. The predicted octanol–water partition coefficient (Wildman–Crippen LogP) is -0.561. The van der Waals surface area contributed by atoms with Crippen LogP contribution in [0, 0.1) is 5.92 Å². The van der Waals surface area contributed by atoms with E-state index in [-0.39, 0.29) is 52.8 Å². The molecule has 1 aliphatic rings. The molecule has 0 spiro atoms. The van der Waals surface area contributed by atoms with E-state index in [1.165, 1.54) is 5.56 Å². The summed E-state index contributed by atoms with van der Waals surface area (Å²) in [6.45, 7) is 0.316. The Morgan fingerprint density at radius 1 is 1.53 bits per heavy atom. The van der Waals surface area contributed by atoms with Crippen LogP contribution in [0.3, 0.4) is 0 Å². The maximum Gasteiger partial charge on any atom is 1.00 e. The van der Waals surface area contributed by atoms with E-state index in [0.29, 0.717) is 23.4 Å². The van der Waals surface area contributed by atoms with Crippen molar-refractivity contribution in [3.05, 3.63) is 34.3 Å². The van der Waals surface area contributed by atoms with E-state index >= 15 is 0 Å². The van der Waals surface area contributed by atoms with Gasteiger partial charge in [-0.05, 0) is 36.0 Å². The molecule has 2 amide bonds. The minimum absolute atomic E-state index is 0. The van der Waals surface area contributed by atoms with Gasteiger partial charge in [0, 0.05) is 4.47 Å². The molecule has 0 bridgehead atoms. The third-order valence-electron chi connectivity index (χ3n) is 2.88. The van der Waals surface area contributed by atoms with Gasteiger partial charge in [-0.2, -0.15) is 0 Å². The zero-order valence-corrected chi connectivity index (χ0v) is 14.3. The summed E-state index contributed by atoms with van der Waals surface area (Å²) in [6.07, 6.45) is 0.992. The van der Waals surface area contributed by atoms with Crippen molar-refractivity contribution in [3.63, 3.8) is 0 Å². The van der Waals surface area contributed by atoms with Crippen molar-refractivity contribution >= 4 is 22.0 Å². The van der Waals surface area contributed by atoms with E-state index in [2.05, 4.69) is 28.1 Å². The topological polar surface area (TPSA) is 66.6 Å². The van der Waals surface area contributed by atoms with Gasteiger partial charge in [-0.15, -0.1) is 0 Å². The maximum absolute atomic E-state index is 10.6. The summed E-state index contributed by atoms with van der Waals surface area (Å²) in [5, 5.41) is 9.78. The molecule has 1 aromatic carbocycles. The normalized spacial score (nSPS) is 21.5. The maximum atomic E-state index is 10.6. The van der Waals surface area contributed by atoms with Crippen LogP contribution in [-0.4, -0.2) is 22.8 Å². The monoisotopic (exact) mass is 324 g/mol. The molecule has 1 aliphatic carbocycles. The molecular formula is C11H14BrKN2O2. The van der Waals surface area contributed by atoms with Gasteiger partial charge < -0.3 is 7.16 Å². The fourth-order valence-electron chi connectivity index (χ4n) is 1.88. The Labute approximate surface area is 153 Å². The van der Waals surface area contributed by atoms with E-state index in [0.717, 1.165) is 10.9 Å². The Morgan fingerprint density at radius 2 is 2.12 bits per heavy atom. The summed E-state index contributed by atoms with van der Waals surface area (Å²) in [5.41, 5.74) is 6.19. The molecule has 1 fully saturated rings. The molecule has 1 saturated carbocycles. The van der Waals surface area contributed by atoms with Crippen molar-refractivity contribution in [3.8, 4) is 0 Å². The number of halogens is 1. The van der Waals surface area contributed by atoms with Gasteiger partial charge in [-0.1, -0.05) is 28.1 Å². The van der Waals surface area contributed by atoms with Crippen LogP contribution >= 0.6 is 15.9 Å². The Kier molecular flexibility index (Phi) is 6.11. The van der Waals surface area contributed by atoms with Crippen LogP contribution in [0.4, 0.5) is 4.79 Å². The molecule has 3 N–H and O–H groups in total. The number of urea groups is 1. The molecule has 88 valence electrons. The predicted molar refractivity (Wildman–Crippen MR) is 64.2 cm³/mol. The van der Waals surface area contributed by atoms with Crippen molar-refractivity contribution in [1.82, 2.24) is 5.06 Å². The number of hydroxylamine groups is 2. The number of amides is 2. The molecule has 2 rings (SSSR count). The SMILES string of the molecule is NC(=O)N(O)C[C@@H]1C[C@H]1c1ccc(Br)cc1.[H-].[K+]. The van der Waals surface area contributed by atoms with Crippen molar-refractivity contribution < 1.29 is 62.8 Å². The van der Waals surface area contributed by atoms with Crippen LogP contribution in [-0.2, 0) is 0 Å². The fourth-order valence-corrected chi connectivity index (χ4v) is 2.14. The average molecular weight is 325 g/mol. The number of hydrogen-bond donors (Lipinski definition) is 2. The molecule has 0 heterocycles. The zero-order chi connectivity index (χ0) is 11.7. The minimum Gasteiger partial charge on any atom is -1.00 e. The molecule has 4 nitrogen and oxygen atoms in total. The average Bonchev–Trinajstić information content (AvgIpc) is 2.98. The third-order valence-corrected chi connectivity index (χ3v) is 3.41. The van der Waals surface area contributed by atoms with Gasteiger partial charge >= 0.3 is 57.4 Å². The molecule has 0 saturated heterocycles. The Hall–Kier alpha value is 0.566. The molecule has 1 aromatic rings. The molecule has 0 aromatic heterocycles. The van der Waals surface area contributed by atoms with Crippen LogP contribution in [0.5, 0.6) is 0 Å². The van der Waals surface area contributed by atoms with Crippen LogP contribution in [0.1, 0.15) is 19.3 Å². The van der Waals surface area contributed by atoms with Crippen molar-refractivity contribution in [2.24, 2.45) is 11.7 Å². The summed E-state index contributed by atoms with van der Waals surface area (Å²) in [7, 11) is 0. The Balaban J connectivity index is 0.00000144. The number of primary amides is 1. The number of rotatable bonds is 3. The van der Waals surface area contributed by atoms with Gasteiger partial charge in [0.1, 0.15) is 0 Å². The Morgan fingerprint density at radius 3 is 2.65 bits per heavy atom. The third kappa shape index (κ3) is 4.31. The number of benzene rings is 1. The van der Waals surface area contributed by atoms with Crippen LogP contribution in [0.2, 0.25) is 0 Å². The second kappa shape index (κ2) is 6.65. The molecule has 0 radical (unpaired) electrons. The van der Waals surface area contributed by atoms with Crippen molar-refractivity contribution in [1.29, 1.82) is 0 Å². The first-order chi connectivity index (χ1) is 7.58. The second-order valence-electron chi connectivity index (χ2n) is 4.07. The smallest absolute Gasteiger partial charge is 1.00 e. The van der Waals surface area contributed by atoms with Crippen LogP contribution in [0.25, 0.3) is 0 Å². The summed E-state index contributed by atoms with van der Waals surface area (Å²) in [4.78, 5) is 10.6. The fraction of sp³-hybridized carbons (Fsp3) is 0.364. The molecule has 0 aliphatic heterocycles. The zero-order valence-electron chi connectivity index (χ0n) is 10.6. The van der Waals surface area contributed by atoms with Gasteiger partial charge in [0.15, 0.2) is 0 Å². The van der Waals surface area contributed by atoms with Gasteiger partial charge in [0.2, 0.25) is 0 Å². The summed E-state index contributed by atoms with van der Waals surface area (Å²) < 4.78 is 1.05. The number of nitrogens with zero attached hydrogens (tertiary/aromatic N) is 1. The van der Waals surface area contributed by atoms with E-state index in [9.17, 15) is 10.0 Å². The van der Waals surface area contributed by atoms with Gasteiger partial charge in [0.25, 0.3) is 0 Å². The molecular weight excluding hydrogens is 311 g/mol. The van der Waals surface area contributed by atoms with E-state index in [1.807, 2.05) is 12.1 Å². The van der Waals surface area contributed by atoms with Crippen molar-refractivity contribution in [2.45, 2.75) is 12.3 Å².